The Morgan fingerprint density at radius 3 is 1.65 bits per heavy atom. The molecule has 0 saturated carbocycles. The molecule has 1 aliphatic carbocycles. The van der Waals surface area contributed by atoms with Gasteiger partial charge in [0.1, 0.15) is 34.2 Å². The molecule has 0 N–H and O–H groups in total. The molecule has 4 aromatic carbocycles. The van der Waals surface area contributed by atoms with Gasteiger partial charge in [0.15, 0.2) is 0 Å². The summed E-state index contributed by atoms with van der Waals surface area (Å²) < 4.78 is 88.9. The van der Waals surface area contributed by atoms with E-state index in [1.54, 1.807) is 36.4 Å². The minimum absolute atomic E-state index is 0.0494. The van der Waals surface area contributed by atoms with Crippen LogP contribution in [0.4, 0.5) is 17.6 Å². The Kier molecular flexibility index (Phi) is 8.39. The van der Waals surface area contributed by atoms with Crippen LogP contribution in [0.15, 0.2) is 93.8 Å². The van der Waals surface area contributed by atoms with Crippen LogP contribution in [0.1, 0.15) is 81.5 Å². The second kappa shape index (κ2) is 12.3. The molecule has 0 spiro atoms. The zero-order valence-electron chi connectivity index (χ0n) is 30.6. The zero-order valence-corrected chi connectivity index (χ0v) is 30.6. The number of alkyl halides is 4. The van der Waals surface area contributed by atoms with Crippen molar-refractivity contribution < 1.29 is 35.9 Å². The Morgan fingerprint density at radius 2 is 1.13 bits per heavy atom. The third-order valence-electron chi connectivity index (χ3n) is 10.1. The van der Waals surface area contributed by atoms with E-state index in [4.69, 9.17) is 18.3 Å². The van der Waals surface area contributed by atoms with Crippen LogP contribution in [0.2, 0.25) is 0 Å². The molecule has 6 aromatic rings. The summed E-state index contributed by atoms with van der Waals surface area (Å²) in [5, 5.41) is 0.711. The summed E-state index contributed by atoms with van der Waals surface area (Å²) >= 11 is 0. The van der Waals surface area contributed by atoms with Crippen LogP contribution in [0.3, 0.4) is 0 Å². The molecular formula is C44H42F4O4. The summed E-state index contributed by atoms with van der Waals surface area (Å²) in [4.78, 5) is 0. The maximum atomic E-state index is 16.7. The fraction of sp³-hybridized carbons (Fsp3) is 0.318. The van der Waals surface area contributed by atoms with Crippen molar-refractivity contribution in [1.29, 1.82) is 0 Å². The number of rotatable bonds is 7. The normalized spacial score (nSPS) is 15.9. The first-order valence-corrected chi connectivity index (χ1v) is 17.3. The molecule has 2 heterocycles. The van der Waals surface area contributed by atoms with Crippen LogP contribution < -0.4 is 9.47 Å². The van der Waals surface area contributed by atoms with Gasteiger partial charge in [-0.2, -0.15) is 17.6 Å². The van der Waals surface area contributed by atoms with Gasteiger partial charge in [-0.3, -0.25) is 0 Å². The third-order valence-corrected chi connectivity index (χ3v) is 10.1. The number of furan rings is 2. The molecular weight excluding hydrogens is 668 g/mol. The summed E-state index contributed by atoms with van der Waals surface area (Å²) in [6, 6.07) is 25.2. The van der Waals surface area contributed by atoms with Gasteiger partial charge in [-0.25, -0.2) is 0 Å². The van der Waals surface area contributed by atoms with E-state index in [-0.39, 0.29) is 56.4 Å². The molecule has 0 bridgehead atoms. The molecule has 270 valence electrons. The predicted molar refractivity (Wildman–Crippen MR) is 199 cm³/mol. The summed E-state index contributed by atoms with van der Waals surface area (Å²) in [6.45, 7) is 12.6. The number of hydrogen-bond acceptors (Lipinski definition) is 4. The van der Waals surface area contributed by atoms with Crippen molar-refractivity contribution in [2.45, 2.75) is 77.1 Å². The lowest BCUT2D eigenvalue weighted by Gasteiger charge is -2.22. The molecule has 0 radical (unpaired) electrons. The lowest BCUT2D eigenvalue weighted by molar-refractivity contribution is -0.160. The number of methoxy groups -OCH3 is 2. The van der Waals surface area contributed by atoms with Crippen LogP contribution in [0, 0.1) is 0 Å². The zero-order chi connectivity index (χ0) is 37.4. The second-order valence-electron chi connectivity index (χ2n) is 15.7. The molecule has 2 aromatic heterocycles. The van der Waals surface area contributed by atoms with Gasteiger partial charge >= 0.3 is 11.8 Å². The molecule has 0 atom stereocenters. The highest BCUT2D eigenvalue weighted by Gasteiger charge is 2.65. The van der Waals surface area contributed by atoms with Crippen molar-refractivity contribution in [2.24, 2.45) is 0 Å². The number of fused-ring (bicyclic) bond motifs is 2. The van der Waals surface area contributed by atoms with E-state index in [0.717, 1.165) is 16.7 Å². The largest absolute Gasteiger partial charge is 0.497 e. The Hall–Kier alpha value is -4.98. The van der Waals surface area contributed by atoms with Crippen LogP contribution in [0.5, 0.6) is 11.5 Å². The first-order valence-electron chi connectivity index (χ1n) is 17.3. The van der Waals surface area contributed by atoms with E-state index in [9.17, 15) is 0 Å². The van der Waals surface area contributed by atoms with Crippen LogP contribution in [-0.4, -0.2) is 26.1 Å². The van der Waals surface area contributed by atoms with Gasteiger partial charge in [0.25, 0.3) is 0 Å². The molecule has 8 heteroatoms. The first-order chi connectivity index (χ1) is 24.4. The Morgan fingerprint density at radius 1 is 0.635 bits per heavy atom. The van der Waals surface area contributed by atoms with Crippen molar-refractivity contribution in [1.82, 2.24) is 0 Å². The number of halogens is 4. The summed E-state index contributed by atoms with van der Waals surface area (Å²) in [5.74, 6) is -7.65. The SMILES string of the molecule is COc1ccc2c(C3=C(c4c(-c5ccc(C(C)(C)C)cc5)oc5cc(OC)ccc45)CC(F)(F)C3(F)F)c(Cc3ccc(C(C)(C)C)cc3)oc2c1. The smallest absolute Gasteiger partial charge is 0.336 e. The molecule has 7 rings (SSSR count). The maximum Gasteiger partial charge on any atom is 0.336 e. The predicted octanol–water partition coefficient (Wildman–Crippen LogP) is 12.6. The van der Waals surface area contributed by atoms with Crippen molar-refractivity contribution in [3.63, 3.8) is 0 Å². The van der Waals surface area contributed by atoms with E-state index in [2.05, 4.69) is 41.5 Å². The minimum Gasteiger partial charge on any atom is -0.497 e. The average molecular weight is 711 g/mol. The maximum absolute atomic E-state index is 16.7. The Labute approximate surface area is 301 Å². The second-order valence-corrected chi connectivity index (χ2v) is 15.7. The van der Waals surface area contributed by atoms with Crippen LogP contribution >= 0.6 is 0 Å². The topological polar surface area (TPSA) is 44.7 Å². The van der Waals surface area contributed by atoms with Crippen LogP contribution in [-0.2, 0) is 17.3 Å². The highest BCUT2D eigenvalue weighted by atomic mass is 19.3. The van der Waals surface area contributed by atoms with Gasteiger partial charge in [-0.1, -0.05) is 90.1 Å². The Bertz CT molecular complexity index is 2330. The summed E-state index contributed by atoms with van der Waals surface area (Å²) in [7, 11) is 3.00. The van der Waals surface area contributed by atoms with Crippen LogP contribution in [0.25, 0.3) is 44.4 Å². The van der Waals surface area contributed by atoms with E-state index in [1.807, 2.05) is 48.5 Å². The molecule has 0 saturated heterocycles. The fourth-order valence-electron chi connectivity index (χ4n) is 7.10. The van der Waals surface area contributed by atoms with Crippen molar-refractivity contribution in [3.05, 3.63) is 119 Å². The summed E-state index contributed by atoms with van der Waals surface area (Å²) in [6.07, 6.45) is -1.11. The lowest BCUT2D eigenvalue weighted by atomic mass is 9.85. The van der Waals surface area contributed by atoms with Gasteiger partial charge < -0.3 is 18.3 Å². The van der Waals surface area contributed by atoms with Gasteiger partial charge in [-0.15, -0.1) is 0 Å². The number of benzene rings is 4. The minimum atomic E-state index is -4.55. The molecule has 52 heavy (non-hydrogen) atoms. The monoisotopic (exact) mass is 710 g/mol. The lowest BCUT2D eigenvalue weighted by Crippen LogP contribution is -2.36. The molecule has 0 aliphatic heterocycles. The van der Waals surface area contributed by atoms with E-state index >= 15 is 17.6 Å². The van der Waals surface area contributed by atoms with Gasteiger partial charge in [0.05, 0.1) is 14.2 Å². The van der Waals surface area contributed by atoms with Gasteiger partial charge in [-0.05, 0) is 57.4 Å². The molecule has 0 unspecified atom stereocenters. The van der Waals surface area contributed by atoms with Crippen molar-refractivity contribution in [3.8, 4) is 22.8 Å². The van der Waals surface area contributed by atoms with E-state index < -0.39 is 23.8 Å². The van der Waals surface area contributed by atoms with Gasteiger partial charge in [0, 0.05) is 58.0 Å². The van der Waals surface area contributed by atoms with Gasteiger partial charge in [0.2, 0.25) is 0 Å². The fourth-order valence-corrected chi connectivity index (χ4v) is 7.10. The number of allylic oxidation sites excluding steroid dienone is 2. The molecule has 1 aliphatic rings. The molecule has 4 nitrogen and oxygen atoms in total. The number of ether oxygens (including phenoxy) is 2. The van der Waals surface area contributed by atoms with E-state index in [1.165, 1.54) is 14.2 Å². The van der Waals surface area contributed by atoms with E-state index in [0.29, 0.717) is 28.0 Å². The molecule has 0 fully saturated rings. The highest BCUT2D eigenvalue weighted by molar-refractivity contribution is 6.11. The average Bonchev–Trinajstić information content (AvgIpc) is 3.69. The van der Waals surface area contributed by atoms with Crippen molar-refractivity contribution in [2.75, 3.05) is 14.2 Å². The number of hydrogen-bond donors (Lipinski definition) is 0. The third kappa shape index (κ3) is 5.96. The molecule has 0 amide bonds. The standard InChI is InChI=1S/C44H42F4O4/c1-41(2,3)27-13-9-25(10-14-27)21-36-38(32-20-18-29(49-7)22-34(32)51-36)39-33(24-43(45,46)44(39,47)48)37-31-19-17-30(50-8)23-35(31)52-40(37)26-11-15-28(16-12-26)42(4,5)6/h9-20,22-23H,21,24H2,1-8H3. The summed E-state index contributed by atoms with van der Waals surface area (Å²) in [5.41, 5.74) is 3.03. The highest BCUT2D eigenvalue weighted by Crippen LogP contribution is 2.61. The Balaban J connectivity index is 1.53. The quantitative estimate of drug-likeness (QED) is 0.155. The van der Waals surface area contributed by atoms with Crippen molar-refractivity contribution >= 4 is 33.1 Å². The first kappa shape index (κ1) is 35.4.